The van der Waals surface area contributed by atoms with Crippen molar-refractivity contribution in [3.63, 3.8) is 0 Å². The lowest BCUT2D eigenvalue weighted by atomic mass is 10.1. The van der Waals surface area contributed by atoms with E-state index >= 15 is 0 Å². The van der Waals surface area contributed by atoms with Crippen LogP contribution in [-0.4, -0.2) is 24.5 Å². The van der Waals surface area contributed by atoms with Crippen LogP contribution in [0.1, 0.15) is 24.4 Å². The number of benzene rings is 1. The van der Waals surface area contributed by atoms with E-state index in [-0.39, 0.29) is 11.3 Å². The SMILES string of the molecule is O=S(=O)(CCl)N1CCCC1c1ccccc1Cl. The molecular formula is C11H13Cl2NO2S. The van der Waals surface area contributed by atoms with Crippen molar-refractivity contribution >= 4 is 33.2 Å². The third-order valence-electron chi connectivity index (χ3n) is 2.96. The molecule has 0 aromatic heterocycles. The number of hydrogen-bond acceptors (Lipinski definition) is 2. The van der Waals surface area contributed by atoms with Gasteiger partial charge in [0.1, 0.15) is 5.21 Å². The van der Waals surface area contributed by atoms with Gasteiger partial charge in [-0.05, 0) is 24.5 Å². The molecule has 1 aromatic carbocycles. The molecule has 0 amide bonds. The third kappa shape index (κ3) is 2.60. The van der Waals surface area contributed by atoms with E-state index in [1.54, 1.807) is 6.07 Å². The Labute approximate surface area is 111 Å². The molecule has 0 aliphatic carbocycles. The summed E-state index contributed by atoms with van der Waals surface area (Å²) in [6.07, 6.45) is 1.63. The molecule has 2 rings (SSSR count). The summed E-state index contributed by atoms with van der Waals surface area (Å²) >= 11 is 11.6. The van der Waals surface area contributed by atoms with Gasteiger partial charge >= 0.3 is 0 Å². The first-order valence-electron chi connectivity index (χ1n) is 5.36. The molecule has 1 saturated heterocycles. The summed E-state index contributed by atoms with van der Waals surface area (Å²) in [5.74, 6) is 0. The number of hydrogen-bond donors (Lipinski definition) is 0. The highest BCUT2D eigenvalue weighted by Crippen LogP contribution is 2.37. The lowest BCUT2D eigenvalue weighted by Gasteiger charge is -2.24. The Hall–Kier alpha value is -0.290. The van der Waals surface area contributed by atoms with Crippen molar-refractivity contribution in [3.8, 4) is 0 Å². The van der Waals surface area contributed by atoms with Crippen LogP contribution in [0.4, 0.5) is 0 Å². The zero-order valence-electron chi connectivity index (χ0n) is 9.14. The lowest BCUT2D eigenvalue weighted by molar-refractivity contribution is 0.399. The van der Waals surface area contributed by atoms with Crippen LogP contribution in [0.3, 0.4) is 0 Å². The molecule has 0 bridgehead atoms. The Kier molecular flexibility index (Phi) is 3.98. The minimum Gasteiger partial charge on any atom is -0.211 e. The zero-order chi connectivity index (χ0) is 12.5. The molecule has 1 aliphatic rings. The van der Waals surface area contributed by atoms with E-state index in [0.717, 1.165) is 18.4 Å². The highest BCUT2D eigenvalue weighted by Gasteiger charge is 2.35. The van der Waals surface area contributed by atoms with Crippen LogP contribution in [0.15, 0.2) is 24.3 Å². The number of rotatable bonds is 3. The fraction of sp³-hybridized carbons (Fsp3) is 0.455. The normalized spacial score (nSPS) is 21.9. The van der Waals surface area contributed by atoms with E-state index in [9.17, 15) is 8.42 Å². The Bertz CT molecular complexity index is 504. The van der Waals surface area contributed by atoms with Gasteiger partial charge in [0.25, 0.3) is 0 Å². The summed E-state index contributed by atoms with van der Waals surface area (Å²) in [7, 11) is -3.37. The van der Waals surface area contributed by atoms with E-state index in [4.69, 9.17) is 23.2 Å². The van der Waals surface area contributed by atoms with Gasteiger partial charge in [-0.2, -0.15) is 4.31 Å². The fourth-order valence-corrected chi connectivity index (χ4v) is 3.97. The molecule has 0 N–H and O–H groups in total. The Morgan fingerprint density at radius 3 is 2.71 bits per heavy atom. The first-order chi connectivity index (χ1) is 8.06. The molecular weight excluding hydrogens is 281 g/mol. The molecule has 1 unspecified atom stereocenters. The van der Waals surface area contributed by atoms with Crippen molar-refractivity contribution in [1.29, 1.82) is 0 Å². The highest BCUT2D eigenvalue weighted by atomic mass is 35.5. The smallest absolute Gasteiger partial charge is 0.211 e. The molecule has 6 heteroatoms. The molecule has 1 heterocycles. The van der Waals surface area contributed by atoms with Gasteiger partial charge in [-0.1, -0.05) is 29.8 Å². The van der Waals surface area contributed by atoms with E-state index in [2.05, 4.69) is 0 Å². The van der Waals surface area contributed by atoms with Gasteiger partial charge in [0.05, 0.1) is 6.04 Å². The number of halogens is 2. The maximum atomic E-state index is 11.8. The zero-order valence-corrected chi connectivity index (χ0v) is 11.5. The first-order valence-corrected chi connectivity index (χ1v) is 7.88. The summed E-state index contributed by atoms with van der Waals surface area (Å²) in [5, 5.41) is 0.225. The second-order valence-corrected chi connectivity index (χ2v) is 6.92. The van der Waals surface area contributed by atoms with E-state index < -0.39 is 10.0 Å². The summed E-state index contributed by atoms with van der Waals surface area (Å²) in [5.41, 5.74) is 0.861. The van der Waals surface area contributed by atoms with Crippen LogP contribution in [0.5, 0.6) is 0 Å². The van der Waals surface area contributed by atoms with Gasteiger partial charge < -0.3 is 0 Å². The number of nitrogens with zero attached hydrogens (tertiary/aromatic N) is 1. The fourth-order valence-electron chi connectivity index (χ4n) is 2.19. The predicted molar refractivity (Wildman–Crippen MR) is 69.8 cm³/mol. The Morgan fingerprint density at radius 1 is 1.35 bits per heavy atom. The third-order valence-corrected chi connectivity index (χ3v) is 5.56. The lowest BCUT2D eigenvalue weighted by Crippen LogP contribution is -2.31. The average molecular weight is 294 g/mol. The van der Waals surface area contributed by atoms with Gasteiger partial charge in [0.15, 0.2) is 0 Å². The van der Waals surface area contributed by atoms with Crippen LogP contribution >= 0.6 is 23.2 Å². The maximum Gasteiger partial charge on any atom is 0.228 e. The average Bonchev–Trinajstić information content (AvgIpc) is 2.79. The van der Waals surface area contributed by atoms with Crippen molar-refractivity contribution in [2.24, 2.45) is 0 Å². The topological polar surface area (TPSA) is 37.4 Å². The molecule has 1 atom stereocenters. The standard InChI is InChI=1S/C11H13Cl2NO2S/c12-8-17(15,16)14-7-3-6-11(14)9-4-1-2-5-10(9)13/h1-2,4-5,11H,3,6-8H2. The van der Waals surface area contributed by atoms with Gasteiger partial charge in [-0.3, -0.25) is 0 Å². The van der Waals surface area contributed by atoms with Crippen LogP contribution in [0.25, 0.3) is 0 Å². The number of sulfonamides is 1. The van der Waals surface area contributed by atoms with E-state index in [0.29, 0.717) is 11.6 Å². The van der Waals surface area contributed by atoms with Crippen molar-refractivity contribution in [1.82, 2.24) is 4.31 Å². The van der Waals surface area contributed by atoms with Crippen LogP contribution in [0, 0.1) is 0 Å². The summed E-state index contributed by atoms with van der Waals surface area (Å²) in [6.45, 7) is 0.519. The molecule has 1 fully saturated rings. The van der Waals surface area contributed by atoms with E-state index in [1.165, 1.54) is 4.31 Å². The Morgan fingerprint density at radius 2 is 2.06 bits per heavy atom. The van der Waals surface area contributed by atoms with Crippen LogP contribution < -0.4 is 0 Å². The van der Waals surface area contributed by atoms with Crippen molar-refractivity contribution in [2.75, 3.05) is 11.8 Å². The molecule has 1 aromatic rings. The van der Waals surface area contributed by atoms with Crippen molar-refractivity contribution in [2.45, 2.75) is 18.9 Å². The molecule has 17 heavy (non-hydrogen) atoms. The monoisotopic (exact) mass is 293 g/mol. The highest BCUT2D eigenvalue weighted by molar-refractivity contribution is 7.90. The molecule has 0 radical (unpaired) electrons. The van der Waals surface area contributed by atoms with Crippen LogP contribution in [-0.2, 0) is 10.0 Å². The van der Waals surface area contributed by atoms with E-state index in [1.807, 2.05) is 18.2 Å². The molecule has 3 nitrogen and oxygen atoms in total. The molecule has 0 spiro atoms. The number of alkyl halides is 1. The van der Waals surface area contributed by atoms with Gasteiger partial charge in [-0.25, -0.2) is 8.42 Å². The van der Waals surface area contributed by atoms with Crippen LogP contribution in [0.2, 0.25) is 5.02 Å². The maximum absolute atomic E-state index is 11.8. The van der Waals surface area contributed by atoms with Crippen molar-refractivity contribution < 1.29 is 8.42 Å². The van der Waals surface area contributed by atoms with Gasteiger partial charge in [0.2, 0.25) is 10.0 Å². The second-order valence-electron chi connectivity index (χ2n) is 4.01. The van der Waals surface area contributed by atoms with Gasteiger partial charge in [0, 0.05) is 11.6 Å². The first kappa shape index (κ1) is 13.1. The molecule has 1 aliphatic heterocycles. The molecule has 94 valence electrons. The second kappa shape index (κ2) is 5.14. The quantitative estimate of drug-likeness (QED) is 0.804. The van der Waals surface area contributed by atoms with Gasteiger partial charge in [-0.15, -0.1) is 11.6 Å². The summed E-state index contributed by atoms with van der Waals surface area (Å²) < 4.78 is 25.2. The van der Waals surface area contributed by atoms with Crippen molar-refractivity contribution in [3.05, 3.63) is 34.9 Å². The minimum absolute atomic E-state index is 0.174. The molecule has 0 saturated carbocycles. The summed E-state index contributed by atoms with van der Waals surface area (Å²) in [6, 6.07) is 7.18. The minimum atomic E-state index is -3.37. The summed E-state index contributed by atoms with van der Waals surface area (Å²) in [4.78, 5) is 0. The predicted octanol–water partition coefficient (Wildman–Crippen LogP) is 3.00. The Balaban J connectivity index is 2.36. The largest absolute Gasteiger partial charge is 0.228 e.